The number of carbonyl (C=O) groups is 1. The van der Waals surface area contributed by atoms with E-state index in [-0.39, 0.29) is 34.1 Å². The quantitative estimate of drug-likeness (QED) is 0.632. The molecule has 2 heterocycles. The molecule has 1 atom stereocenters. The van der Waals surface area contributed by atoms with Gasteiger partial charge in [0.05, 0.1) is 16.7 Å². The molecule has 29 heavy (non-hydrogen) atoms. The molecule has 1 aliphatic heterocycles. The second-order valence-corrected chi connectivity index (χ2v) is 9.99. The average Bonchev–Trinajstić information content (AvgIpc) is 3.12. The first-order valence-corrected chi connectivity index (χ1v) is 11.7. The van der Waals surface area contributed by atoms with Gasteiger partial charge >= 0.3 is 0 Å². The van der Waals surface area contributed by atoms with Crippen LogP contribution in [-0.2, 0) is 14.6 Å². The molecule has 0 bridgehead atoms. The third-order valence-corrected chi connectivity index (χ3v) is 7.80. The topological polar surface area (TPSA) is 72.5 Å². The van der Waals surface area contributed by atoms with E-state index in [9.17, 15) is 13.2 Å². The number of thiophene rings is 1. The number of benzene rings is 2. The summed E-state index contributed by atoms with van der Waals surface area (Å²) in [4.78, 5) is 13.7. The normalized spacial score (nSPS) is 16.4. The fourth-order valence-electron chi connectivity index (χ4n) is 3.51. The summed E-state index contributed by atoms with van der Waals surface area (Å²) in [6.07, 6.45) is 0.238. The van der Waals surface area contributed by atoms with Gasteiger partial charge in [-0.05, 0) is 32.0 Å². The molecule has 0 spiro atoms. The Kier molecular flexibility index (Phi) is 5.19. The van der Waals surface area contributed by atoms with Crippen LogP contribution in [0.1, 0.15) is 36.6 Å². The Bertz CT molecular complexity index is 1150. The van der Waals surface area contributed by atoms with Crippen LogP contribution in [0.15, 0.2) is 69.8 Å². The Morgan fingerprint density at radius 2 is 1.76 bits per heavy atom. The largest absolute Gasteiger partial charge is 0.491 e. The van der Waals surface area contributed by atoms with Crippen molar-refractivity contribution in [3.63, 3.8) is 0 Å². The van der Waals surface area contributed by atoms with Crippen molar-refractivity contribution >= 4 is 32.8 Å². The van der Waals surface area contributed by atoms with E-state index in [1.807, 2.05) is 38.1 Å². The molecule has 0 radical (unpaired) electrons. The Morgan fingerprint density at radius 3 is 2.48 bits per heavy atom. The number of fused-ring (bicyclic) bond motifs is 1. The van der Waals surface area contributed by atoms with Gasteiger partial charge in [0.2, 0.25) is 15.7 Å². The van der Waals surface area contributed by atoms with Gasteiger partial charge in [-0.1, -0.05) is 36.4 Å². The number of sulfone groups is 1. The van der Waals surface area contributed by atoms with Crippen molar-refractivity contribution < 1.29 is 17.9 Å². The molecule has 1 aliphatic rings. The third-order valence-electron chi connectivity index (χ3n) is 4.76. The minimum absolute atomic E-state index is 0.00890. The standard InChI is InChI=1S/C22H21NO4S2/c1-14(2)27-18-11-7-6-10-16(18)17-12-20(24)23-21-19(13-28-22(17)21)29(25,26)15-8-4-3-5-9-15/h3-11,13-14,17H,12H2,1-2H3,(H,23,24)/t17-/m1/s1. The Balaban J connectivity index is 1.83. The molecule has 150 valence electrons. The van der Waals surface area contributed by atoms with Gasteiger partial charge in [-0.2, -0.15) is 0 Å². The van der Waals surface area contributed by atoms with Crippen LogP contribution >= 0.6 is 11.3 Å². The van der Waals surface area contributed by atoms with Gasteiger partial charge in [-0.25, -0.2) is 8.42 Å². The summed E-state index contributed by atoms with van der Waals surface area (Å²) in [5.41, 5.74) is 1.28. The lowest BCUT2D eigenvalue weighted by molar-refractivity contribution is -0.116. The Labute approximate surface area is 174 Å². The predicted octanol–water partition coefficient (Wildman–Crippen LogP) is 4.84. The van der Waals surface area contributed by atoms with Crippen molar-refractivity contribution in [3.8, 4) is 5.75 Å². The highest BCUT2D eigenvalue weighted by Crippen LogP contribution is 2.47. The first-order chi connectivity index (χ1) is 13.9. The zero-order valence-corrected chi connectivity index (χ0v) is 17.7. The summed E-state index contributed by atoms with van der Waals surface area (Å²) in [6, 6.07) is 15.9. The van der Waals surface area contributed by atoms with E-state index >= 15 is 0 Å². The van der Waals surface area contributed by atoms with E-state index in [0.717, 1.165) is 10.4 Å². The number of hydrogen-bond donors (Lipinski definition) is 1. The lowest BCUT2D eigenvalue weighted by atomic mass is 9.90. The van der Waals surface area contributed by atoms with Crippen LogP contribution in [-0.4, -0.2) is 20.4 Å². The fourth-order valence-corrected chi connectivity index (χ4v) is 6.43. The predicted molar refractivity (Wildman–Crippen MR) is 114 cm³/mol. The third kappa shape index (κ3) is 3.68. The maximum Gasteiger partial charge on any atom is 0.225 e. The highest BCUT2D eigenvalue weighted by Gasteiger charge is 2.35. The summed E-state index contributed by atoms with van der Waals surface area (Å²) in [6.45, 7) is 3.90. The van der Waals surface area contributed by atoms with Gasteiger partial charge < -0.3 is 10.1 Å². The molecule has 1 N–H and O–H groups in total. The van der Waals surface area contributed by atoms with Crippen molar-refractivity contribution in [2.45, 2.75) is 42.1 Å². The van der Waals surface area contributed by atoms with Crippen molar-refractivity contribution in [2.75, 3.05) is 5.32 Å². The van der Waals surface area contributed by atoms with Crippen LogP contribution in [0.5, 0.6) is 5.75 Å². The van der Waals surface area contributed by atoms with Gasteiger partial charge in [0.25, 0.3) is 0 Å². The zero-order valence-electron chi connectivity index (χ0n) is 16.1. The average molecular weight is 428 g/mol. The zero-order chi connectivity index (χ0) is 20.6. The first kappa shape index (κ1) is 19.7. The van der Waals surface area contributed by atoms with E-state index in [0.29, 0.717) is 11.4 Å². The van der Waals surface area contributed by atoms with E-state index in [2.05, 4.69) is 5.32 Å². The molecular formula is C22H21NO4S2. The molecule has 1 aromatic heterocycles. The molecule has 1 amide bonds. The lowest BCUT2D eigenvalue weighted by Gasteiger charge is -2.26. The van der Waals surface area contributed by atoms with Crippen LogP contribution in [0, 0.1) is 0 Å². The monoisotopic (exact) mass is 427 g/mol. The number of para-hydroxylation sites is 1. The lowest BCUT2D eigenvalue weighted by Crippen LogP contribution is -2.24. The molecule has 3 aromatic rings. The summed E-state index contributed by atoms with van der Waals surface area (Å²) in [5, 5.41) is 4.42. The number of nitrogens with one attached hydrogen (secondary N) is 1. The number of amides is 1. The van der Waals surface area contributed by atoms with Gasteiger partial charge in [0.1, 0.15) is 10.6 Å². The van der Waals surface area contributed by atoms with Crippen LogP contribution < -0.4 is 10.1 Å². The molecule has 5 nitrogen and oxygen atoms in total. The van der Waals surface area contributed by atoms with Gasteiger partial charge in [-0.15, -0.1) is 11.3 Å². The molecule has 0 saturated carbocycles. The second-order valence-electron chi connectivity index (χ2n) is 7.17. The minimum atomic E-state index is -3.73. The SMILES string of the molecule is CC(C)Oc1ccccc1[C@H]1CC(=O)Nc2c(S(=O)(=O)c3ccccc3)csc21. The minimum Gasteiger partial charge on any atom is -0.491 e. The fraction of sp³-hybridized carbons (Fsp3) is 0.227. The first-order valence-electron chi connectivity index (χ1n) is 9.35. The molecule has 4 rings (SSSR count). The highest BCUT2D eigenvalue weighted by molar-refractivity contribution is 7.91. The Morgan fingerprint density at radius 1 is 1.07 bits per heavy atom. The van der Waals surface area contributed by atoms with Crippen molar-refractivity contribution in [1.82, 2.24) is 0 Å². The molecule has 0 aliphatic carbocycles. The number of hydrogen-bond acceptors (Lipinski definition) is 5. The van der Waals surface area contributed by atoms with Gasteiger partial charge in [-0.3, -0.25) is 4.79 Å². The van der Waals surface area contributed by atoms with E-state index in [1.54, 1.807) is 35.7 Å². The summed E-state index contributed by atoms with van der Waals surface area (Å²) in [7, 11) is -3.73. The number of rotatable bonds is 5. The maximum atomic E-state index is 13.2. The molecule has 0 saturated heterocycles. The second kappa shape index (κ2) is 7.65. The summed E-state index contributed by atoms with van der Waals surface area (Å²) in [5.74, 6) is 0.261. The molecule has 7 heteroatoms. The van der Waals surface area contributed by atoms with Gasteiger partial charge in [0, 0.05) is 28.2 Å². The van der Waals surface area contributed by atoms with Crippen LogP contribution in [0.3, 0.4) is 0 Å². The number of carbonyl (C=O) groups excluding carboxylic acids is 1. The molecule has 0 unspecified atom stereocenters. The highest BCUT2D eigenvalue weighted by atomic mass is 32.2. The summed E-state index contributed by atoms with van der Waals surface area (Å²) >= 11 is 1.36. The number of anilines is 1. The van der Waals surface area contributed by atoms with Crippen LogP contribution in [0.4, 0.5) is 5.69 Å². The van der Waals surface area contributed by atoms with Crippen molar-refractivity contribution in [2.24, 2.45) is 0 Å². The Hall–Kier alpha value is -2.64. The smallest absolute Gasteiger partial charge is 0.225 e. The van der Waals surface area contributed by atoms with Crippen LogP contribution in [0.25, 0.3) is 0 Å². The molecular weight excluding hydrogens is 406 g/mol. The molecule has 2 aromatic carbocycles. The van der Waals surface area contributed by atoms with Gasteiger partial charge in [0.15, 0.2) is 0 Å². The van der Waals surface area contributed by atoms with E-state index < -0.39 is 9.84 Å². The van der Waals surface area contributed by atoms with Crippen LogP contribution in [0.2, 0.25) is 0 Å². The number of ether oxygens (including phenoxy) is 1. The van der Waals surface area contributed by atoms with E-state index in [4.69, 9.17) is 4.74 Å². The van der Waals surface area contributed by atoms with Crippen molar-refractivity contribution in [1.29, 1.82) is 0 Å². The molecule has 0 fully saturated rings. The van der Waals surface area contributed by atoms with Crippen molar-refractivity contribution in [3.05, 3.63) is 70.4 Å². The van der Waals surface area contributed by atoms with E-state index in [1.165, 1.54) is 11.3 Å². The maximum absolute atomic E-state index is 13.2. The summed E-state index contributed by atoms with van der Waals surface area (Å²) < 4.78 is 32.3.